The molecule has 1 aromatic carbocycles. The van der Waals surface area contributed by atoms with Gasteiger partial charge in [0.2, 0.25) is 0 Å². The topological polar surface area (TPSA) is 119 Å². The van der Waals surface area contributed by atoms with Crippen molar-refractivity contribution in [1.82, 2.24) is 19.7 Å². The SMILES string of the molecule is CN1CCN(C2CCN(C(=O)Nc3cc(Oc4ccc(N(F)C(=O)C5(C(=O)O)CC5)cc4)ccn3)CC2)CC1. The van der Waals surface area contributed by atoms with E-state index in [0.717, 1.165) is 39.0 Å². The summed E-state index contributed by atoms with van der Waals surface area (Å²) < 4.78 is 20.4. The summed E-state index contributed by atoms with van der Waals surface area (Å²) in [5, 5.41) is 11.9. The lowest BCUT2D eigenvalue weighted by atomic mass is 10.0. The van der Waals surface area contributed by atoms with E-state index in [4.69, 9.17) is 4.74 Å². The number of likely N-dealkylation sites (N-methyl/N-ethyl adjacent to an activating group) is 1. The summed E-state index contributed by atoms with van der Waals surface area (Å²) in [5.41, 5.74) is -1.75. The number of carboxylic acid groups (broad SMARTS) is 1. The largest absolute Gasteiger partial charge is 0.480 e. The Morgan fingerprint density at radius 3 is 2.31 bits per heavy atom. The second kappa shape index (κ2) is 11.1. The van der Waals surface area contributed by atoms with Crippen LogP contribution in [0.25, 0.3) is 0 Å². The molecule has 2 N–H and O–H groups in total. The van der Waals surface area contributed by atoms with E-state index in [-0.39, 0.29) is 29.7 Å². The zero-order valence-corrected chi connectivity index (χ0v) is 21.9. The quantitative estimate of drug-likeness (QED) is 0.406. The predicted molar refractivity (Wildman–Crippen MR) is 141 cm³/mol. The Morgan fingerprint density at radius 2 is 1.69 bits per heavy atom. The highest BCUT2D eigenvalue weighted by molar-refractivity contribution is 6.10. The lowest BCUT2D eigenvalue weighted by Gasteiger charge is -2.42. The molecule has 2 saturated heterocycles. The summed E-state index contributed by atoms with van der Waals surface area (Å²) in [6, 6.07) is 9.14. The maximum atomic E-state index is 14.6. The van der Waals surface area contributed by atoms with Gasteiger partial charge in [0.1, 0.15) is 22.7 Å². The van der Waals surface area contributed by atoms with E-state index >= 15 is 0 Å². The van der Waals surface area contributed by atoms with Crippen molar-refractivity contribution in [1.29, 1.82) is 0 Å². The minimum Gasteiger partial charge on any atom is -0.480 e. The Balaban J connectivity index is 1.13. The summed E-state index contributed by atoms with van der Waals surface area (Å²) in [6.07, 6.45) is 3.66. The molecule has 3 amide bonds. The summed E-state index contributed by atoms with van der Waals surface area (Å²) in [5.74, 6) is -1.27. The molecular weight excluding hydrogens is 507 g/mol. The molecular formula is C27H33FN6O5. The molecule has 0 radical (unpaired) electrons. The Morgan fingerprint density at radius 1 is 1.03 bits per heavy atom. The first-order valence-electron chi connectivity index (χ1n) is 13.2. The van der Waals surface area contributed by atoms with Crippen LogP contribution in [0, 0.1) is 5.41 Å². The van der Waals surface area contributed by atoms with Crippen molar-refractivity contribution in [3.05, 3.63) is 42.6 Å². The number of benzene rings is 1. The molecule has 1 saturated carbocycles. The van der Waals surface area contributed by atoms with Gasteiger partial charge in [0.05, 0.1) is 5.69 Å². The van der Waals surface area contributed by atoms with Crippen LogP contribution in [0.1, 0.15) is 25.7 Å². The van der Waals surface area contributed by atoms with Gasteiger partial charge in [0, 0.05) is 57.6 Å². The number of piperazine rings is 1. The Kier molecular flexibility index (Phi) is 7.67. The van der Waals surface area contributed by atoms with Crippen LogP contribution in [0.3, 0.4) is 0 Å². The number of carboxylic acids is 1. The molecule has 0 bridgehead atoms. The first-order chi connectivity index (χ1) is 18.7. The Bertz CT molecular complexity index is 1210. The molecule has 3 aliphatic rings. The van der Waals surface area contributed by atoms with Crippen LogP contribution < -0.4 is 15.2 Å². The van der Waals surface area contributed by atoms with Gasteiger partial charge in [0.15, 0.2) is 0 Å². The maximum Gasteiger partial charge on any atom is 0.323 e. The number of halogens is 1. The number of anilines is 2. The maximum absolute atomic E-state index is 14.6. The van der Waals surface area contributed by atoms with Gasteiger partial charge in [-0.1, -0.05) is 4.48 Å². The Hall–Kier alpha value is -3.77. The Labute approximate surface area is 226 Å². The van der Waals surface area contributed by atoms with E-state index in [1.807, 2.05) is 0 Å². The number of carbonyl (C=O) groups is 3. The van der Waals surface area contributed by atoms with Crippen molar-refractivity contribution >= 4 is 29.4 Å². The van der Waals surface area contributed by atoms with Gasteiger partial charge >= 0.3 is 12.0 Å². The summed E-state index contributed by atoms with van der Waals surface area (Å²) in [7, 11) is 2.14. The number of hydrogen-bond donors (Lipinski definition) is 2. The van der Waals surface area contributed by atoms with Gasteiger partial charge in [-0.05, 0) is 63.1 Å². The number of piperidine rings is 1. The van der Waals surface area contributed by atoms with Crippen molar-refractivity contribution in [2.75, 3.05) is 56.8 Å². The monoisotopic (exact) mass is 540 g/mol. The lowest BCUT2D eigenvalue weighted by Crippen LogP contribution is -2.53. The summed E-state index contributed by atoms with van der Waals surface area (Å²) in [6.45, 7) is 5.68. The van der Waals surface area contributed by atoms with Crippen molar-refractivity contribution in [2.45, 2.75) is 31.7 Å². The molecule has 0 spiro atoms. The molecule has 3 fully saturated rings. The highest BCUT2D eigenvalue weighted by Crippen LogP contribution is 2.48. The number of ether oxygens (including phenoxy) is 1. The number of hydrogen-bond acceptors (Lipinski definition) is 7. The first-order valence-corrected chi connectivity index (χ1v) is 13.2. The van der Waals surface area contributed by atoms with Gasteiger partial charge in [0.25, 0.3) is 5.91 Å². The molecule has 2 aromatic rings. The number of nitrogens with zero attached hydrogens (tertiary/aromatic N) is 5. The molecule has 0 unspecified atom stereocenters. The summed E-state index contributed by atoms with van der Waals surface area (Å²) >= 11 is 0. The standard InChI is InChI=1S/C27H33FN6O5/c1-31-14-16-32(17-15-31)19-7-12-33(13-8-19)26(38)30-23-18-22(6-11-29-23)39-21-4-2-20(3-5-21)34(28)24(35)27(9-10-27)25(36)37/h2-6,11,18-19H,7-10,12-17H2,1H3,(H,36,37)(H,29,30,38). The van der Waals surface area contributed by atoms with E-state index in [0.29, 0.717) is 36.4 Å². The van der Waals surface area contributed by atoms with Crippen molar-refractivity contribution in [2.24, 2.45) is 5.41 Å². The molecule has 1 aromatic heterocycles. The fourth-order valence-electron chi connectivity index (χ4n) is 5.08. The predicted octanol–water partition coefficient (Wildman–Crippen LogP) is 3.20. The fourth-order valence-corrected chi connectivity index (χ4v) is 5.08. The molecule has 5 rings (SSSR count). The number of carbonyl (C=O) groups excluding carboxylic acids is 2. The average molecular weight is 541 g/mol. The van der Waals surface area contributed by atoms with E-state index in [1.54, 1.807) is 17.0 Å². The third-order valence-corrected chi connectivity index (χ3v) is 7.82. The van der Waals surface area contributed by atoms with Gasteiger partial charge in [-0.2, -0.15) is 0 Å². The molecule has 12 heteroatoms. The van der Waals surface area contributed by atoms with Crippen molar-refractivity contribution in [3.8, 4) is 11.5 Å². The zero-order valence-electron chi connectivity index (χ0n) is 21.9. The highest BCUT2D eigenvalue weighted by Gasteiger charge is 2.59. The second-order valence-electron chi connectivity index (χ2n) is 10.4. The van der Waals surface area contributed by atoms with Crippen LogP contribution in [-0.2, 0) is 9.59 Å². The molecule has 0 atom stereocenters. The van der Waals surface area contributed by atoms with Crippen molar-refractivity contribution in [3.63, 3.8) is 0 Å². The fraction of sp³-hybridized carbons (Fsp3) is 0.481. The van der Waals surface area contributed by atoms with Gasteiger partial charge in [-0.25, -0.2) is 9.78 Å². The molecule has 2 aliphatic heterocycles. The average Bonchev–Trinajstić information content (AvgIpc) is 3.76. The normalized spacial score (nSPS) is 19.8. The van der Waals surface area contributed by atoms with Crippen LogP contribution in [-0.4, -0.2) is 95.1 Å². The van der Waals surface area contributed by atoms with Crippen LogP contribution in [0.4, 0.5) is 20.8 Å². The van der Waals surface area contributed by atoms with E-state index in [1.165, 1.54) is 30.5 Å². The molecule has 1 aliphatic carbocycles. The number of pyridine rings is 1. The van der Waals surface area contributed by atoms with Crippen LogP contribution in [0.2, 0.25) is 0 Å². The molecule has 208 valence electrons. The third-order valence-electron chi connectivity index (χ3n) is 7.82. The zero-order chi connectivity index (χ0) is 27.6. The van der Waals surface area contributed by atoms with Gasteiger partial charge in [-0.3, -0.25) is 19.8 Å². The minimum absolute atomic E-state index is 0.0843. The third kappa shape index (κ3) is 5.96. The van der Waals surface area contributed by atoms with Gasteiger partial charge < -0.3 is 19.6 Å². The highest BCUT2D eigenvalue weighted by atomic mass is 19.2. The smallest absolute Gasteiger partial charge is 0.323 e. The second-order valence-corrected chi connectivity index (χ2v) is 10.4. The van der Waals surface area contributed by atoms with E-state index in [9.17, 15) is 24.0 Å². The number of rotatable bonds is 7. The molecule has 3 heterocycles. The van der Waals surface area contributed by atoms with E-state index in [2.05, 4.69) is 27.1 Å². The molecule has 11 nitrogen and oxygen atoms in total. The number of aromatic nitrogens is 1. The van der Waals surface area contributed by atoms with Crippen LogP contribution in [0.15, 0.2) is 42.6 Å². The summed E-state index contributed by atoms with van der Waals surface area (Å²) in [4.78, 5) is 47.3. The number of aliphatic carboxylic acids is 1. The number of nitrogens with one attached hydrogen (secondary N) is 1. The van der Waals surface area contributed by atoms with E-state index < -0.39 is 17.3 Å². The number of likely N-dealkylation sites (tertiary alicyclic amines) is 1. The van der Waals surface area contributed by atoms with Crippen LogP contribution in [0.5, 0.6) is 11.5 Å². The van der Waals surface area contributed by atoms with Crippen LogP contribution >= 0.6 is 0 Å². The lowest BCUT2D eigenvalue weighted by molar-refractivity contribution is -0.149. The number of amides is 3. The first kappa shape index (κ1) is 26.8. The van der Waals surface area contributed by atoms with Crippen molar-refractivity contribution < 1.29 is 28.7 Å². The minimum atomic E-state index is -1.66. The molecule has 39 heavy (non-hydrogen) atoms. The van der Waals surface area contributed by atoms with Gasteiger partial charge in [-0.15, -0.1) is 5.12 Å². The number of urea groups is 1.